The van der Waals surface area contributed by atoms with Crippen LogP contribution in [0.1, 0.15) is 34.6 Å². The van der Waals surface area contributed by atoms with Gasteiger partial charge >= 0.3 is 6.09 Å². The van der Waals surface area contributed by atoms with Crippen LogP contribution in [0.15, 0.2) is 0 Å². The van der Waals surface area contributed by atoms with E-state index in [2.05, 4.69) is 5.32 Å². The molecule has 13 heavy (non-hydrogen) atoms. The maximum absolute atomic E-state index is 11.1. The summed E-state index contributed by atoms with van der Waals surface area (Å²) < 4.78 is 5.00. The van der Waals surface area contributed by atoms with Crippen molar-refractivity contribution in [3.8, 4) is 0 Å². The quantitative estimate of drug-likeness (QED) is 0.688. The first-order valence-electron chi connectivity index (χ1n) is 4.40. The van der Waals surface area contributed by atoms with Gasteiger partial charge in [0.2, 0.25) is 0 Å². The third kappa shape index (κ3) is 6.40. The Hall–Kier alpha value is -0.770. The highest BCUT2D eigenvalue weighted by Gasteiger charge is 2.18. The second-order valence-corrected chi connectivity index (χ2v) is 4.18. The Morgan fingerprint density at radius 1 is 1.38 bits per heavy atom. The molecule has 0 aromatic heterocycles. The van der Waals surface area contributed by atoms with Gasteiger partial charge in [-0.2, -0.15) is 0 Å². The van der Waals surface area contributed by atoms with Crippen LogP contribution in [0.5, 0.6) is 0 Å². The van der Waals surface area contributed by atoms with Crippen LogP contribution in [0.3, 0.4) is 0 Å². The molecule has 0 bridgehead atoms. The molecule has 0 unspecified atom stereocenters. The van der Waals surface area contributed by atoms with Crippen LogP contribution >= 0.6 is 0 Å². The molecule has 0 aliphatic rings. The topological polar surface area (TPSA) is 58.6 Å². The molecule has 1 amide bonds. The molecule has 0 fully saturated rings. The van der Waals surface area contributed by atoms with Gasteiger partial charge in [0.1, 0.15) is 5.60 Å². The highest BCUT2D eigenvalue weighted by Crippen LogP contribution is 2.06. The van der Waals surface area contributed by atoms with Crippen LogP contribution in [0.4, 0.5) is 4.79 Å². The molecule has 0 saturated carbocycles. The molecule has 78 valence electrons. The predicted molar refractivity (Wildman–Crippen MR) is 50.5 cm³/mol. The van der Waals surface area contributed by atoms with E-state index in [-0.39, 0.29) is 6.04 Å². The zero-order valence-corrected chi connectivity index (χ0v) is 8.92. The van der Waals surface area contributed by atoms with Gasteiger partial charge in [0.25, 0.3) is 0 Å². The molecule has 0 heterocycles. The predicted octanol–water partition coefficient (Wildman–Crippen LogP) is 1.28. The Morgan fingerprint density at radius 2 is 1.85 bits per heavy atom. The van der Waals surface area contributed by atoms with Crippen molar-refractivity contribution in [1.82, 2.24) is 5.32 Å². The number of carbonyl (C=O) groups excluding carboxylic acids is 1. The minimum absolute atomic E-state index is 0.296. The highest BCUT2D eigenvalue weighted by molar-refractivity contribution is 5.68. The lowest BCUT2D eigenvalue weighted by molar-refractivity contribution is 0.0450. The van der Waals surface area contributed by atoms with Crippen molar-refractivity contribution in [2.75, 3.05) is 0 Å². The molecule has 2 atom stereocenters. The second kappa shape index (κ2) is 4.46. The Balaban J connectivity index is 3.89. The fourth-order valence-corrected chi connectivity index (χ4v) is 0.614. The van der Waals surface area contributed by atoms with Gasteiger partial charge in [-0.15, -0.1) is 0 Å². The molecule has 0 aliphatic heterocycles. The summed E-state index contributed by atoms with van der Waals surface area (Å²) in [4.78, 5) is 11.1. The number of alkyl carbamates (subject to hydrolysis) is 1. The van der Waals surface area contributed by atoms with Gasteiger partial charge in [0.15, 0.2) is 0 Å². The van der Waals surface area contributed by atoms with Crippen LogP contribution < -0.4 is 5.32 Å². The zero-order chi connectivity index (χ0) is 10.6. The van der Waals surface area contributed by atoms with E-state index in [0.29, 0.717) is 0 Å². The van der Waals surface area contributed by atoms with E-state index in [9.17, 15) is 4.79 Å². The fraction of sp³-hybridized carbons (Fsp3) is 0.889. The van der Waals surface area contributed by atoms with E-state index in [1.165, 1.54) is 0 Å². The second-order valence-electron chi connectivity index (χ2n) is 4.18. The summed E-state index contributed by atoms with van der Waals surface area (Å²) in [6.45, 7) is 8.70. The largest absolute Gasteiger partial charge is 0.444 e. The van der Waals surface area contributed by atoms with E-state index >= 15 is 0 Å². The summed E-state index contributed by atoms with van der Waals surface area (Å²) in [5.74, 6) is 0. The number of rotatable bonds is 2. The Labute approximate surface area is 79.3 Å². The average molecular weight is 189 g/mol. The summed E-state index contributed by atoms with van der Waals surface area (Å²) in [7, 11) is 0. The summed E-state index contributed by atoms with van der Waals surface area (Å²) >= 11 is 0. The maximum atomic E-state index is 11.1. The third-order valence-electron chi connectivity index (χ3n) is 1.47. The van der Waals surface area contributed by atoms with Crippen LogP contribution in [-0.2, 0) is 4.74 Å². The number of nitrogens with one attached hydrogen (secondary N) is 1. The lowest BCUT2D eigenvalue weighted by Crippen LogP contribution is -2.42. The van der Waals surface area contributed by atoms with E-state index in [1.54, 1.807) is 34.6 Å². The van der Waals surface area contributed by atoms with Gasteiger partial charge in [-0.1, -0.05) is 0 Å². The molecule has 4 nitrogen and oxygen atoms in total. The van der Waals surface area contributed by atoms with Gasteiger partial charge in [0.05, 0.1) is 12.1 Å². The lowest BCUT2D eigenvalue weighted by Gasteiger charge is -2.22. The minimum Gasteiger partial charge on any atom is -0.444 e. The molecule has 0 aromatic rings. The van der Waals surface area contributed by atoms with Crippen molar-refractivity contribution in [3.05, 3.63) is 0 Å². The van der Waals surface area contributed by atoms with Crippen molar-refractivity contribution in [1.29, 1.82) is 0 Å². The van der Waals surface area contributed by atoms with Crippen LogP contribution in [0.25, 0.3) is 0 Å². The normalized spacial score (nSPS) is 16.2. The van der Waals surface area contributed by atoms with Gasteiger partial charge < -0.3 is 15.2 Å². The van der Waals surface area contributed by atoms with Crippen LogP contribution in [0.2, 0.25) is 0 Å². The molecule has 2 N–H and O–H groups in total. The Morgan fingerprint density at radius 3 is 2.15 bits per heavy atom. The Kier molecular flexibility index (Phi) is 4.20. The minimum atomic E-state index is -0.576. The fourth-order valence-electron chi connectivity index (χ4n) is 0.614. The first-order chi connectivity index (χ1) is 5.72. The van der Waals surface area contributed by atoms with Crippen molar-refractivity contribution in [2.24, 2.45) is 0 Å². The van der Waals surface area contributed by atoms with E-state index in [4.69, 9.17) is 9.84 Å². The van der Waals surface area contributed by atoms with Crippen LogP contribution in [0, 0.1) is 0 Å². The first kappa shape index (κ1) is 12.2. The van der Waals surface area contributed by atoms with Gasteiger partial charge in [-0.05, 0) is 34.6 Å². The van der Waals surface area contributed by atoms with E-state index in [1.807, 2.05) is 0 Å². The maximum Gasteiger partial charge on any atom is 0.407 e. The lowest BCUT2D eigenvalue weighted by atomic mass is 10.2. The third-order valence-corrected chi connectivity index (χ3v) is 1.47. The molecule has 0 rings (SSSR count). The zero-order valence-electron chi connectivity index (χ0n) is 8.92. The number of aliphatic hydroxyl groups excluding tert-OH is 1. The monoisotopic (exact) mass is 189 g/mol. The summed E-state index contributed by atoms with van der Waals surface area (Å²) in [5, 5.41) is 11.6. The SMILES string of the molecule is C[C@H](O)[C@@H](C)NC(=O)OC(C)(C)C. The Bertz CT molecular complexity index is 172. The number of aliphatic hydroxyl groups is 1. The standard InChI is InChI=1S/C9H19NO3/c1-6(7(2)11)10-8(12)13-9(3,4)5/h6-7,11H,1-5H3,(H,10,12)/t6-,7+/m1/s1. The molecule has 0 radical (unpaired) electrons. The van der Waals surface area contributed by atoms with Crippen molar-refractivity contribution in [2.45, 2.75) is 52.4 Å². The molecular weight excluding hydrogens is 170 g/mol. The number of hydrogen-bond acceptors (Lipinski definition) is 3. The van der Waals surface area contributed by atoms with Crippen molar-refractivity contribution >= 4 is 6.09 Å². The molecule has 0 saturated heterocycles. The van der Waals surface area contributed by atoms with Gasteiger partial charge in [-0.25, -0.2) is 4.79 Å². The van der Waals surface area contributed by atoms with Crippen molar-refractivity contribution in [3.63, 3.8) is 0 Å². The number of hydrogen-bond donors (Lipinski definition) is 2. The average Bonchev–Trinajstić information content (AvgIpc) is 1.81. The van der Waals surface area contributed by atoms with Crippen molar-refractivity contribution < 1.29 is 14.6 Å². The highest BCUT2D eigenvalue weighted by atomic mass is 16.6. The van der Waals surface area contributed by atoms with Gasteiger partial charge in [0, 0.05) is 0 Å². The first-order valence-corrected chi connectivity index (χ1v) is 4.40. The molecule has 0 aliphatic carbocycles. The number of carbonyl (C=O) groups is 1. The molecular formula is C9H19NO3. The van der Waals surface area contributed by atoms with E-state index < -0.39 is 17.8 Å². The van der Waals surface area contributed by atoms with Gasteiger partial charge in [-0.3, -0.25) is 0 Å². The summed E-state index contributed by atoms with van der Waals surface area (Å²) in [6, 6.07) is -0.296. The molecule has 0 spiro atoms. The van der Waals surface area contributed by atoms with Crippen LogP contribution in [-0.4, -0.2) is 28.9 Å². The summed E-state index contributed by atoms with van der Waals surface area (Å²) in [5.41, 5.74) is -0.498. The number of amides is 1. The smallest absolute Gasteiger partial charge is 0.407 e. The summed E-state index contributed by atoms with van der Waals surface area (Å²) in [6.07, 6.45) is -1.08. The number of ether oxygens (including phenoxy) is 1. The molecule has 4 heteroatoms. The molecule has 0 aromatic carbocycles. The van der Waals surface area contributed by atoms with E-state index in [0.717, 1.165) is 0 Å².